The number of carbonyl (C=O) groups is 1. The highest BCUT2D eigenvalue weighted by atomic mass is 35.5. The Balaban J connectivity index is 1.92. The highest BCUT2D eigenvalue weighted by Crippen LogP contribution is 2.17. The van der Waals surface area contributed by atoms with Crippen LogP contribution in [0.1, 0.15) is 21.6 Å². The molecule has 0 unspecified atom stereocenters. The smallest absolute Gasteiger partial charge is 0.255 e. The zero-order valence-corrected chi connectivity index (χ0v) is 9.74. The number of rotatable bonds is 2. The molecule has 0 saturated heterocycles. The molecule has 5 heteroatoms. The number of hydrogen-bond acceptors (Lipinski definition) is 2. The van der Waals surface area contributed by atoms with E-state index in [1.807, 2.05) is 28.9 Å². The molecule has 0 fully saturated rings. The molecular formula is C12H10ClN3O. The summed E-state index contributed by atoms with van der Waals surface area (Å²) >= 11 is 5.93. The molecule has 0 bridgehead atoms. The molecule has 2 aromatic rings. The number of aromatic nitrogens is 2. The molecule has 0 saturated carbocycles. The second-order valence-corrected chi connectivity index (χ2v) is 4.41. The molecule has 1 N–H and O–H groups in total. The van der Waals surface area contributed by atoms with Gasteiger partial charge >= 0.3 is 0 Å². The van der Waals surface area contributed by atoms with Gasteiger partial charge in [-0.05, 0) is 17.7 Å². The van der Waals surface area contributed by atoms with Crippen molar-refractivity contribution in [3.63, 3.8) is 0 Å². The van der Waals surface area contributed by atoms with Crippen molar-refractivity contribution in [3.8, 4) is 0 Å². The SMILES string of the molecule is O=C1NCc2c1cnn2Cc1cccc(Cl)c1. The van der Waals surface area contributed by atoms with Crippen molar-refractivity contribution in [2.24, 2.45) is 0 Å². The number of hydrogen-bond donors (Lipinski definition) is 1. The van der Waals surface area contributed by atoms with Crippen molar-refractivity contribution < 1.29 is 4.79 Å². The van der Waals surface area contributed by atoms with Crippen molar-refractivity contribution in [2.45, 2.75) is 13.1 Å². The molecule has 3 rings (SSSR count). The van der Waals surface area contributed by atoms with Crippen LogP contribution in [0.2, 0.25) is 5.02 Å². The minimum absolute atomic E-state index is 0.0441. The first-order chi connectivity index (χ1) is 8.24. The third-order valence-corrected chi connectivity index (χ3v) is 3.07. The van der Waals surface area contributed by atoms with E-state index in [9.17, 15) is 4.79 Å². The average Bonchev–Trinajstić information content (AvgIpc) is 2.84. The third kappa shape index (κ3) is 1.80. The maximum Gasteiger partial charge on any atom is 0.255 e. The van der Waals surface area contributed by atoms with Gasteiger partial charge in [-0.2, -0.15) is 5.10 Å². The standard InChI is InChI=1S/C12H10ClN3O/c13-9-3-1-2-8(4-9)7-16-11-6-14-12(17)10(11)5-15-16/h1-5H,6-7H2,(H,14,17). The molecule has 1 aliphatic rings. The molecule has 2 heterocycles. The lowest BCUT2D eigenvalue weighted by Crippen LogP contribution is -2.14. The van der Waals surface area contributed by atoms with Crippen LogP contribution in [0, 0.1) is 0 Å². The van der Waals surface area contributed by atoms with Gasteiger partial charge in [-0.3, -0.25) is 9.48 Å². The van der Waals surface area contributed by atoms with Gasteiger partial charge in [0.05, 0.1) is 30.5 Å². The lowest BCUT2D eigenvalue weighted by Gasteiger charge is -2.05. The van der Waals surface area contributed by atoms with E-state index in [0.29, 0.717) is 23.7 Å². The van der Waals surface area contributed by atoms with E-state index in [1.165, 1.54) is 0 Å². The predicted molar refractivity (Wildman–Crippen MR) is 64.0 cm³/mol. The highest BCUT2D eigenvalue weighted by Gasteiger charge is 2.23. The Hall–Kier alpha value is -1.81. The fraction of sp³-hybridized carbons (Fsp3) is 0.167. The Morgan fingerprint density at radius 3 is 3.18 bits per heavy atom. The lowest BCUT2D eigenvalue weighted by atomic mass is 10.2. The summed E-state index contributed by atoms with van der Waals surface area (Å²) in [6.07, 6.45) is 1.61. The predicted octanol–water partition coefficient (Wildman–Crippen LogP) is 1.83. The van der Waals surface area contributed by atoms with Crippen LogP contribution in [0.15, 0.2) is 30.5 Å². The minimum Gasteiger partial charge on any atom is -0.346 e. The van der Waals surface area contributed by atoms with Crippen LogP contribution in [0.25, 0.3) is 0 Å². The van der Waals surface area contributed by atoms with Gasteiger partial charge in [0.2, 0.25) is 0 Å². The quantitative estimate of drug-likeness (QED) is 0.880. The molecule has 0 radical (unpaired) electrons. The van der Waals surface area contributed by atoms with Gasteiger partial charge < -0.3 is 5.32 Å². The molecule has 0 spiro atoms. The number of amides is 1. The molecule has 1 amide bonds. The Labute approximate surface area is 103 Å². The number of benzene rings is 1. The number of nitrogens with one attached hydrogen (secondary N) is 1. The van der Waals surface area contributed by atoms with Crippen molar-refractivity contribution in [3.05, 3.63) is 52.3 Å². The molecular weight excluding hydrogens is 238 g/mol. The van der Waals surface area contributed by atoms with Crippen LogP contribution < -0.4 is 5.32 Å². The van der Waals surface area contributed by atoms with E-state index in [0.717, 1.165) is 11.3 Å². The normalized spacial score (nSPS) is 13.6. The maximum absolute atomic E-state index is 11.4. The van der Waals surface area contributed by atoms with Crippen LogP contribution in [0.4, 0.5) is 0 Å². The van der Waals surface area contributed by atoms with E-state index in [2.05, 4.69) is 10.4 Å². The minimum atomic E-state index is -0.0441. The first-order valence-corrected chi connectivity index (χ1v) is 5.69. The molecule has 0 atom stereocenters. The van der Waals surface area contributed by atoms with Gasteiger partial charge in [-0.1, -0.05) is 23.7 Å². The maximum atomic E-state index is 11.4. The first-order valence-electron chi connectivity index (χ1n) is 5.31. The molecule has 0 aliphatic carbocycles. The highest BCUT2D eigenvalue weighted by molar-refractivity contribution is 6.30. The fourth-order valence-electron chi connectivity index (χ4n) is 1.99. The molecule has 17 heavy (non-hydrogen) atoms. The Kier molecular flexibility index (Phi) is 2.37. The molecule has 86 valence electrons. The molecule has 1 aromatic heterocycles. The number of halogens is 1. The third-order valence-electron chi connectivity index (χ3n) is 2.83. The van der Waals surface area contributed by atoms with Gasteiger partial charge in [-0.25, -0.2) is 0 Å². The molecule has 1 aromatic carbocycles. The van der Waals surface area contributed by atoms with E-state index >= 15 is 0 Å². The van der Waals surface area contributed by atoms with Crippen LogP contribution in [-0.4, -0.2) is 15.7 Å². The summed E-state index contributed by atoms with van der Waals surface area (Å²) in [5.74, 6) is -0.0441. The van der Waals surface area contributed by atoms with Gasteiger partial charge in [0.15, 0.2) is 0 Å². The number of fused-ring (bicyclic) bond motifs is 1. The molecule has 4 nitrogen and oxygen atoms in total. The summed E-state index contributed by atoms with van der Waals surface area (Å²) in [4.78, 5) is 11.4. The zero-order valence-electron chi connectivity index (χ0n) is 8.98. The topological polar surface area (TPSA) is 46.9 Å². The van der Waals surface area contributed by atoms with E-state index in [4.69, 9.17) is 11.6 Å². The summed E-state index contributed by atoms with van der Waals surface area (Å²) in [6.45, 7) is 1.18. The summed E-state index contributed by atoms with van der Waals surface area (Å²) < 4.78 is 1.83. The van der Waals surface area contributed by atoms with Gasteiger partial charge in [0.1, 0.15) is 0 Å². The average molecular weight is 248 g/mol. The van der Waals surface area contributed by atoms with Crippen molar-refractivity contribution in [1.82, 2.24) is 15.1 Å². The second-order valence-electron chi connectivity index (χ2n) is 3.98. The fourth-order valence-corrected chi connectivity index (χ4v) is 2.20. The van der Waals surface area contributed by atoms with Crippen LogP contribution in [0.3, 0.4) is 0 Å². The van der Waals surface area contributed by atoms with Gasteiger partial charge in [-0.15, -0.1) is 0 Å². The number of nitrogens with zero attached hydrogens (tertiary/aromatic N) is 2. The zero-order chi connectivity index (χ0) is 11.8. The van der Waals surface area contributed by atoms with Crippen LogP contribution >= 0.6 is 11.6 Å². The summed E-state index contributed by atoms with van der Waals surface area (Å²) in [5, 5.41) is 7.71. The van der Waals surface area contributed by atoms with Crippen LogP contribution in [-0.2, 0) is 13.1 Å². The van der Waals surface area contributed by atoms with Crippen molar-refractivity contribution in [2.75, 3.05) is 0 Å². The summed E-state index contributed by atoms with van der Waals surface area (Å²) in [5.41, 5.74) is 2.68. The van der Waals surface area contributed by atoms with E-state index < -0.39 is 0 Å². The van der Waals surface area contributed by atoms with Crippen molar-refractivity contribution >= 4 is 17.5 Å². The monoisotopic (exact) mass is 247 g/mol. The van der Waals surface area contributed by atoms with Crippen molar-refractivity contribution in [1.29, 1.82) is 0 Å². The first kappa shape index (κ1) is 10.4. The van der Waals surface area contributed by atoms with Gasteiger partial charge in [0.25, 0.3) is 5.91 Å². The number of carbonyl (C=O) groups excluding carboxylic acids is 1. The van der Waals surface area contributed by atoms with Gasteiger partial charge in [0, 0.05) is 5.02 Å². The lowest BCUT2D eigenvalue weighted by molar-refractivity contribution is 0.0965. The summed E-state index contributed by atoms with van der Waals surface area (Å²) in [6, 6.07) is 7.64. The van der Waals surface area contributed by atoms with E-state index in [1.54, 1.807) is 6.20 Å². The Morgan fingerprint density at radius 1 is 1.47 bits per heavy atom. The summed E-state index contributed by atoms with van der Waals surface area (Å²) in [7, 11) is 0. The van der Waals surface area contributed by atoms with E-state index in [-0.39, 0.29) is 5.91 Å². The molecule has 1 aliphatic heterocycles. The Morgan fingerprint density at radius 2 is 2.35 bits per heavy atom. The largest absolute Gasteiger partial charge is 0.346 e. The second kappa shape index (κ2) is 3.89. The Bertz CT molecular complexity index is 591. The van der Waals surface area contributed by atoms with Crippen LogP contribution in [0.5, 0.6) is 0 Å².